The van der Waals surface area contributed by atoms with Crippen molar-refractivity contribution in [2.24, 2.45) is 4.99 Å². The molecule has 0 radical (unpaired) electrons. The second-order valence-corrected chi connectivity index (χ2v) is 6.15. The number of ether oxygens (including phenoxy) is 2. The van der Waals surface area contributed by atoms with Crippen molar-refractivity contribution in [1.29, 1.82) is 0 Å². The molecule has 25 heavy (non-hydrogen) atoms. The van der Waals surface area contributed by atoms with Gasteiger partial charge >= 0.3 is 0 Å². The molecule has 142 valence electrons. The summed E-state index contributed by atoms with van der Waals surface area (Å²) in [5, 5.41) is 7.38. The monoisotopic (exact) mass is 481 g/mol. The summed E-state index contributed by atoms with van der Waals surface area (Å²) in [5.74, 6) is 0.810. The van der Waals surface area contributed by atoms with Gasteiger partial charge in [-0.1, -0.05) is 29.8 Å². The molecular formula is C18H29ClIN3O2. The van der Waals surface area contributed by atoms with Gasteiger partial charge in [-0.05, 0) is 37.8 Å². The Bertz CT molecular complexity index is 511. The summed E-state index contributed by atoms with van der Waals surface area (Å²) in [6, 6.07) is 7.92. The van der Waals surface area contributed by atoms with E-state index >= 15 is 0 Å². The molecule has 0 bridgehead atoms. The molecule has 1 aliphatic rings. The van der Waals surface area contributed by atoms with E-state index in [9.17, 15) is 0 Å². The molecule has 0 amide bonds. The molecule has 5 nitrogen and oxygen atoms in total. The molecule has 7 heteroatoms. The van der Waals surface area contributed by atoms with E-state index in [1.165, 1.54) is 0 Å². The molecular weight excluding hydrogens is 453 g/mol. The van der Waals surface area contributed by atoms with Crippen LogP contribution in [-0.2, 0) is 15.9 Å². The number of hydrogen-bond acceptors (Lipinski definition) is 3. The lowest BCUT2D eigenvalue weighted by molar-refractivity contribution is 0.0200. The first-order valence-corrected chi connectivity index (χ1v) is 9.12. The van der Waals surface area contributed by atoms with Crippen LogP contribution in [0.3, 0.4) is 0 Å². The van der Waals surface area contributed by atoms with Crippen molar-refractivity contribution in [3.8, 4) is 0 Å². The Morgan fingerprint density at radius 3 is 2.92 bits per heavy atom. The van der Waals surface area contributed by atoms with Crippen molar-refractivity contribution in [3.05, 3.63) is 34.9 Å². The number of nitrogens with one attached hydrogen (secondary N) is 2. The Morgan fingerprint density at radius 2 is 2.20 bits per heavy atom. The average molecular weight is 482 g/mol. The molecule has 2 rings (SSSR count). The van der Waals surface area contributed by atoms with Gasteiger partial charge in [-0.25, -0.2) is 0 Å². The van der Waals surface area contributed by atoms with Crippen molar-refractivity contribution in [2.75, 3.05) is 39.5 Å². The maximum atomic E-state index is 6.17. The van der Waals surface area contributed by atoms with Gasteiger partial charge in [0.25, 0.3) is 0 Å². The second-order valence-electron chi connectivity index (χ2n) is 5.74. The zero-order valence-electron chi connectivity index (χ0n) is 14.8. The van der Waals surface area contributed by atoms with E-state index in [0.29, 0.717) is 19.8 Å². The molecule has 0 spiro atoms. The normalized spacial score (nSPS) is 17.2. The van der Waals surface area contributed by atoms with Crippen LogP contribution in [0.2, 0.25) is 5.02 Å². The quantitative estimate of drug-likeness (QED) is 0.246. The van der Waals surface area contributed by atoms with E-state index < -0.39 is 0 Å². The Kier molecular flexibility index (Phi) is 12.2. The zero-order chi connectivity index (χ0) is 17.0. The Balaban J connectivity index is 0.00000312. The summed E-state index contributed by atoms with van der Waals surface area (Å²) >= 11 is 6.17. The van der Waals surface area contributed by atoms with E-state index in [1.54, 1.807) is 0 Å². The summed E-state index contributed by atoms with van der Waals surface area (Å²) < 4.78 is 11.2. The third-order valence-electron chi connectivity index (χ3n) is 3.82. The Morgan fingerprint density at radius 1 is 1.36 bits per heavy atom. The number of benzene rings is 1. The zero-order valence-corrected chi connectivity index (χ0v) is 17.9. The first-order chi connectivity index (χ1) is 11.8. The van der Waals surface area contributed by atoms with Crippen molar-refractivity contribution < 1.29 is 9.47 Å². The number of guanidine groups is 1. The van der Waals surface area contributed by atoms with Gasteiger partial charge in [0.15, 0.2) is 5.96 Å². The standard InChI is InChI=1S/C18H28ClN3O2.HI/c1-2-20-18(21-10-9-15-6-3-4-8-17(15)19)22-11-13-23-14-16-7-5-12-24-16;/h3-4,6,8,16H,2,5,7,9-14H2,1H3,(H2,20,21,22);1H. The van der Waals surface area contributed by atoms with Crippen LogP contribution in [0.5, 0.6) is 0 Å². The third-order valence-corrected chi connectivity index (χ3v) is 4.19. The smallest absolute Gasteiger partial charge is 0.191 e. The summed E-state index contributed by atoms with van der Waals surface area (Å²) in [7, 11) is 0. The highest BCUT2D eigenvalue weighted by atomic mass is 127. The topological polar surface area (TPSA) is 54.9 Å². The minimum atomic E-state index is 0. The minimum absolute atomic E-state index is 0. The van der Waals surface area contributed by atoms with Crippen molar-refractivity contribution >= 4 is 41.5 Å². The first kappa shape index (κ1) is 22.5. The number of aliphatic imine (C=N–C) groups is 1. The van der Waals surface area contributed by atoms with Crippen LogP contribution in [-0.4, -0.2) is 51.5 Å². The van der Waals surface area contributed by atoms with Crippen LogP contribution in [0.1, 0.15) is 25.3 Å². The fraction of sp³-hybridized carbons (Fsp3) is 0.611. The highest BCUT2D eigenvalue weighted by Gasteiger charge is 2.14. The third kappa shape index (κ3) is 9.08. The maximum Gasteiger partial charge on any atom is 0.191 e. The van der Waals surface area contributed by atoms with Gasteiger partial charge < -0.3 is 20.1 Å². The molecule has 1 heterocycles. The van der Waals surface area contributed by atoms with E-state index in [0.717, 1.165) is 55.5 Å². The lowest BCUT2D eigenvalue weighted by atomic mass is 10.1. The van der Waals surface area contributed by atoms with E-state index in [1.807, 2.05) is 24.3 Å². The minimum Gasteiger partial charge on any atom is -0.377 e. The highest BCUT2D eigenvalue weighted by molar-refractivity contribution is 14.0. The summed E-state index contributed by atoms with van der Waals surface area (Å²) in [4.78, 5) is 4.53. The van der Waals surface area contributed by atoms with Crippen LogP contribution in [0.4, 0.5) is 0 Å². The van der Waals surface area contributed by atoms with Crippen molar-refractivity contribution in [3.63, 3.8) is 0 Å². The second kappa shape index (κ2) is 13.6. The van der Waals surface area contributed by atoms with Gasteiger partial charge in [-0.2, -0.15) is 0 Å². The predicted molar refractivity (Wildman–Crippen MR) is 114 cm³/mol. The van der Waals surface area contributed by atoms with Crippen LogP contribution >= 0.6 is 35.6 Å². The van der Waals surface area contributed by atoms with Crippen LogP contribution in [0.15, 0.2) is 29.3 Å². The Labute approximate surface area is 172 Å². The summed E-state index contributed by atoms with van der Waals surface area (Å²) in [6.45, 7) is 6.45. The largest absolute Gasteiger partial charge is 0.377 e. The predicted octanol–water partition coefficient (Wildman–Crippen LogP) is 3.25. The maximum absolute atomic E-state index is 6.17. The van der Waals surface area contributed by atoms with Gasteiger partial charge in [0.1, 0.15) is 0 Å². The first-order valence-electron chi connectivity index (χ1n) is 8.74. The number of hydrogen-bond donors (Lipinski definition) is 2. The van der Waals surface area contributed by atoms with Gasteiger partial charge in [0, 0.05) is 24.7 Å². The lowest BCUT2D eigenvalue weighted by Gasteiger charge is -2.12. The lowest BCUT2D eigenvalue weighted by Crippen LogP contribution is -2.38. The van der Waals surface area contributed by atoms with Crippen LogP contribution in [0, 0.1) is 0 Å². The fourth-order valence-electron chi connectivity index (χ4n) is 2.57. The van der Waals surface area contributed by atoms with Gasteiger partial charge in [0.05, 0.1) is 25.9 Å². The molecule has 0 aliphatic carbocycles. The molecule has 1 fully saturated rings. The van der Waals surface area contributed by atoms with Crippen LogP contribution in [0.25, 0.3) is 0 Å². The molecule has 1 unspecified atom stereocenters. The molecule has 0 saturated carbocycles. The van der Waals surface area contributed by atoms with Gasteiger partial charge in [-0.15, -0.1) is 24.0 Å². The van der Waals surface area contributed by atoms with Gasteiger partial charge in [-0.3, -0.25) is 4.99 Å². The van der Waals surface area contributed by atoms with Crippen LogP contribution < -0.4 is 10.6 Å². The fourth-order valence-corrected chi connectivity index (χ4v) is 2.80. The summed E-state index contributed by atoms with van der Waals surface area (Å²) in [5.41, 5.74) is 1.14. The average Bonchev–Trinajstić information content (AvgIpc) is 3.09. The Hall–Kier alpha value is -0.570. The number of rotatable bonds is 9. The highest BCUT2D eigenvalue weighted by Crippen LogP contribution is 2.14. The molecule has 1 aromatic rings. The van der Waals surface area contributed by atoms with Crippen molar-refractivity contribution in [1.82, 2.24) is 10.6 Å². The summed E-state index contributed by atoms with van der Waals surface area (Å²) in [6.07, 6.45) is 3.39. The SMILES string of the molecule is CCNC(=NCCOCC1CCCO1)NCCc1ccccc1Cl.I. The molecule has 1 aromatic carbocycles. The molecule has 1 atom stereocenters. The number of nitrogens with zero attached hydrogens (tertiary/aromatic N) is 1. The molecule has 0 aromatic heterocycles. The molecule has 2 N–H and O–H groups in total. The van der Waals surface area contributed by atoms with E-state index in [-0.39, 0.29) is 30.1 Å². The van der Waals surface area contributed by atoms with Gasteiger partial charge in [0.2, 0.25) is 0 Å². The van der Waals surface area contributed by atoms with E-state index in [4.69, 9.17) is 21.1 Å². The van der Waals surface area contributed by atoms with Crippen molar-refractivity contribution in [2.45, 2.75) is 32.3 Å². The van der Waals surface area contributed by atoms with E-state index in [2.05, 4.69) is 22.5 Å². The molecule has 1 aliphatic heterocycles. The number of halogens is 2. The molecule has 1 saturated heterocycles.